The Morgan fingerprint density at radius 2 is 2.19 bits per heavy atom. The van der Waals surface area contributed by atoms with Crippen molar-refractivity contribution >= 4 is 21.9 Å². The minimum Gasteiger partial charge on any atom is -0.481 e. The van der Waals surface area contributed by atoms with Crippen LogP contribution in [0, 0.1) is 5.82 Å². The van der Waals surface area contributed by atoms with Gasteiger partial charge in [0.1, 0.15) is 5.82 Å². The Hall–Kier alpha value is -1.76. The molecule has 0 amide bonds. The van der Waals surface area contributed by atoms with Crippen LogP contribution in [-0.2, 0) is 17.8 Å². The smallest absolute Gasteiger partial charge is 0.303 e. The summed E-state index contributed by atoms with van der Waals surface area (Å²) >= 11 is 3.15. The van der Waals surface area contributed by atoms with Gasteiger partial charge < -0.3 is 5.11 Å². The normalized spacial score (nSPS) is 10.8. The lowest BCUT2D eigenvalue weighted by Gasteiger charge is -2.02. The quantitative estimate of drug-likeness (QED) is 0.775. The zero-order valence-electron chi connectivity index (χ0n) is 11.3. The van der Waals surface area contributed by atoms with Crippen molar-refractivity contribution in [2.45, 2.75) is 32.2 Å². The third-order valence-electron chi connectivity index (χ3n) is 2.99. The van der Waals surface area contributed by atoms with E-state index in [0.29, 0.717) is 23.9 Å². The molecule has 2 aromatic rings. The molecule has 0 aliphatic carbocycles. The van der Waals surface area contributed by atoms with Crippen molar-refractivity contribution < 1.29 is 14.3 Å². The van der Waals surface area contributed by atoms with Crippen LogP contribution in [0.2, 0.25) is 0 Å². The molecule has 0 aliphatic heterocycles. The number of halogens is 2. The van der Waals surface area contributed by atoms with E-state index in [1.165, 1.54) is 6.07 Å². The lowest BCUT2D eigenvalue weighted by Crippen LogP contribution is -2.00. The number of hydrogen-bond donors (Lipinski definition) is 1. The van der Waals surface area contributed by atoms with E-state index >= 15 is 0 Å². The minimum atomic E-state index is -0.777. The molecule has 0 saturated heterocycles. The van der Waals surface area contributed by atoms with Crippen molar-refractivity contribution in [1.82, 2.24) is 15.0 Å². The topological polar surface area (TPSA) is 68.0 Å². The second-order valence-electron chi connectivity index (χ2n) is 4.76. The molecular formula is C14H15BrFN3O2. The van der Waals surface area contributed by atoms with Gasteiger partial charge in [0.2, 0.25) is 0 Å². The molecule has 0 radical (unpaired) electrons. The first-order valence-corrected chi connectivity index (χ1v) is 7.38. The number of aryl methyl sites for hydroxylation is 1. The molecule has 1 aromatic carbocycles. The number of carboxylic acids is 1. The average Bonchev–Trinajstić information content (AvgIpc) is 2.86. The van der Waals surface area contributed by atoms with E-state index in [2.05, 4.69) is 26.2 Å². The van der Waals surface area contributed by atoms with E-state index < -0.39 is 5.97 Å². The molecule has 21 heavy (non-hydrogen) atoms. The summed E-state index contributed by atoms with van der Waals surface area (Å²) in [6.07, 6.45) is 4.12. The van der Waals surface area contributed by atoms with Crippen molar-refractivity contribution in [3.05, 3.63) is 45.9 Å². The molecule has 0 atom stereocenters. The van der Waals surface area contributed by atoms with Crippen molar-refractivity contribution in [3.8, 4) is 0 Å². The largest absolute Gasteiger partial charge is 0.481 e. The maximum absolute atomic E-state index is 13.1. The Balaban J connectivity index is 1.87. The van der Waals surface area contributed by atoms with Gasteiger partial charge in [0.25, 0.3) is 0 Å². The first-order valence-electron chi connectivity index (χ1n) is 6.59. The van der Waals surface area contributed by atoms with E-state index in [0.717, 1.165) is 17.7 Å². The first kappa shape index (κ1) is 15.6. The van der Waals surface area contributed by atoms with E-state index in [-0.39, 0.29) is 12.2 Å². The van der Waals surface area contributed by atoms with E-state index in [1.54, 1.807) is 16.8 Å². The molecule has 1 N–H and O–H groups in total. The van der Waals surface area contributed by atoms with Gasteiger partial charge in [-0.05, 0) is 52.9 Å². The Morgan fingerprint density at radius 1 is 1.38 bits per heavy atom. The maximum atomic E-state index is 13.1. The summed E-state index contributed by atoms with van der Waals surface area (Å²) in [5, 5.41) is 16.6. The van der Waals surface area contributed by atoms with Gasteiger partial charge in [-0.3, -0.25) is 4.79 Å². The Labute approximate surface area is 129 Å². The lowest BCUT2D eigenvalue weighted by atomic mass is 10.1. The van der Waals surface area contributed by atoms with E-state index in [4.69, 9.17) is 5.11 Å². The standard InChI is InChI=1S/C14H15BrFN3O2/c15-12-7-10(5-6-13(12)16)8-19-9-11(17-18-19)3-1-2-4-14(20)21/h5-7,9H,1-4,8H2,(H,20,21). The maximum Gasteiger partial charge on any atom is 0.303 e. The molecular weight excluding hydrogens is 341 g/mol. The van der Waals surface area contributed by atoms with Crippen LogP contribution in [0.15, 0.2) is 28.9 Å². The number of carbonyl (C=O) groups is 1. The lowest BCUT2D eigenvalue weighted by molar-refractivity contribution is -0.137. The molecule has 0 unspecified atom stereocenters. The van der Waals surface area contributed by atoms with Gasteiger partial charge in [-0.1, -0.05) is 11.3 Å². The summed E-state index contributed by atoms with van der Waals surface area (Å²) in [6.45, 7) is 0.515. The Kier molecular flexibility index (Phi) is 5.44. The molecule has 0 saturated carbocycles. The Bertz CT molecular complexity index is 630. The summed E-state index contributed by atoms with van der Waals surface area (Å²) in [7, 11) is 0. The predicted molar refractivity (Wildman–Crippen MR) is 78.4 cm³/mol. The molecule has 1 heterocycles. The highest BCUT2D eigenvalue weighted by molar-refractivity contribution is 9.10. The molecule has 0 aliphatic rings. The van der Waals surface area contributed by atoms with E-state index in [9.17, 15) is 9.18 Å². The number of carboxylic acid groups (broad SMARTS) is 1. The SMILES string of the molecule is O=C(O)CCCCc1cn(Cc2ccc(F)c(Br)c2)nn1. The summed E-state index contributed by atoms with van der Waals surface area (Å²) in [5.41, 5.74) is 1.76. The number of nitrogens with zero attached hydrogens (tertiary/aromatic N) is 3. The number of benzene rings is 1. The van der Waals surface area contributed by atoms with Crippen LogP contribution in [0.1, 0.15) is 30.5 Å². The zero-order chi connectivity index (χ0) is 15.2. The van der Waals surface area contributed by atoms with Crippen molar-refractivity contribution in [2.75, 3.05) is 0 Å². The minimum absolute atomic E-state index is 0.178. The van der Waals surface area contributed by atoms with Gasteiger partial charge >= 0.3 is 5.97 Å². The van der Waals surface area contributed by atoms with Crippen LogP contribution >= 0.6 is 15.9 Å². The molecule has 5 nitrogen and oxygen atoms in total. The number of aliphatic carboxylic acids is 1. The van der Waals surface area contributed by atoms with Crippen molar-refractivity contribution in [1.29, 1.82) is 0 Å². The fourth-order valence-corrected chi connectivity index (χ4v) is 2.36. The van der Waals surface area contributed by atoms with Crippen LogP contribution in [0.3, 0.4) is 0 Å². The first-order chi connectivity index (χ1) is 10.0. The van der Waals surface area contributed by atoms with Gasteiger partial charge in [0.05, 0.1) is 16.7 Å². The molecule has 0 fully saturated rings. The van der Waals surface area contributed by atoms with Gasteiger partial charge in [-0.15, -0.1) is 5.10 Å². The fraction of sp³-hybridized carbons (Fsp3) is 0.357. The van der Waals surface area contributed by atoms with Crippen molar-refractivity contribution in [3.63, 3.8) is 0 Å². The second-order valence-corrected chi connectivity index (χ2v) is 5.61. The molecule has 112 valence electrons. The number of unbranched alkanes of at least 4 members (excludes halogenated alkanes) is 1. The van der Waals surface area contributed by atoms with Gasteiger partial charge in [0.15, 0.2) is 0 Å². The molecule has 7 heteroatoms. The van der Waals surface area contributed by atoms with Gasteiger partial charge in [0, 0.05) is 12.6 Å². The monoisotopic (exact) mass is 355 g/mol. The van der Waals surface area contributed by atoms with Gasteiger partial charge in [-0.25, -0.2) is 9.07 Å². The summed E-state index contributed by atoms with van der Waals surface area (Å²) in [4.78, 5) is 10.4. The van der Waals surface area contributed by atoms with Gasteiger partial charge in [-0.2, -0.15) is 0 Å². The summed E-state index contributed by atoms with van der Waals surface area (Å²) < 4.78 is 15.3. The third kappa shape index (κ3) is 4.93. The average molecular weight is 356 g/mol. The Morgan fingerprint density at radius 3 is 2.90 bits per heavy atom. The number of rotatable bonds is 7. The molecule has 2 rings (SSSR count). The van der Waals surface area contributed by atoms with Crippen LogP contribution in [0.4, 0.5) is 4.39 Å². The van der Waals surface area contributed by atoms with E-state index in [1.807, 2.05) is 6.20 Å². The van der Waals surface area contributed by atoms with Crippen LogP contribution < -0.4 is 0 Å². The highest BCUT2D eigenvalue weighted by atomic mass is 79.9. The molecule has 0 bridgehead atoms. The number of aromatic nitrogens is 3. The third-order valence-corrected chi connectivity index (χ3v) is 3.60. The van der Waals surface area contributed by atoms with Crippen LogP contribution in [0.25, 0.3) is 0 Å². The zero-order valence-corrected chi connectivity index (χ0v) is 12.9. The van der Waals surface area contributed by atoms with Crippen LogP contribution in [-0.4, -0.2) is 26.1 Å². The fourth-order valence-electron chi connectivity index (χ4n) is 1.94. The summed E-state index contributed by atoms with van der Waals surface area (Å²) in [6, 6.07) is 4.82. The molecule has 1 aromatic heterocycles. The number of hydrogen-bond acceptors (Lipinski definition) is 3. The van der Waals surface area contributed by atoms with Crippen molar-refractivity contribution in [2.24, 2.45) is 0 Å². The highest BCUT2D eigenvalue weighted by Gasteiger charge is 2.05. The predicted octanol–water partition coefficient (Wildman–Crippen LogP) is 3.03. The molecule has 0 spiro atoms. The van der Waals surface area contributed by atoms with Crippen LogP contribution in [0.5, 0.6) is 0 Å². The summed E-state index contributed by atoms with van der Waals surface area (Å²) in [5.74, 6) is -1.07. The second kappa shape index (κ2) is 7.31. The highest BCUT2D eigenvalue weighted by Crippen LogP contribution is 2.17.